The number of halogens is 1. The Morgan fingerprint density at radius 1 is 1.16 bits per heavy atom. The lowest BCUT2D eigenvalue weighted by Crippen LogP contribution is -2.21. The first-order valence-electron chi connectivity index (χ1n) is 5.52. The van der Waals surface area contributed by atoms with Crippen LogP contribution in [0.1, 0.15) is 10.4 Å². The van der Waals surface area contributed by atoms with Gasteiger partial charge in [-0.2, -0.15) is 0 Å². The number of benzene rings is 1. The number of rotatable bonds is 1. The molecule has 2 aromatic heterocycles. The minimum absolute atomic E-state index is 0. The van der Waals surface area contributed by atoms with E-state index >= 15 is 0 Å². The topological polar surface area (TPSA) is 59.2 Å². The number of carbonyl (C=O) groups is 1. The largest absolute Gasteiger partial charge is 0.444 e. The minimum atomic E-state index is -0.140. The molecule has 0 aliphatic heterocycles. The fourth-order valence-electron chi connectivity index (χ4n) is 1.80. The summed E-state index contributed by atoms with van der Waals surface area (Å²) in [5.74, 6) is -0.140. The lowest BCUT2D eigenvalue weighted by Gasteiger charge is -2.07. The van der Waals surface area contributed by atoms with Crippen LogP contribution in [0.3, 0.4) is 0 Å². The molecule has 6 heteroatoms. The number of furan rings is 1. The van der Waals surface area contributed by atoms with Gasteiger partial charge in [0, 0.05) is 14.1 Å². The second-order valence-electron chi connectivity index (χ2n) is 4.22. The van der Waals surface area contributed by atoms with Crippen molar-refractivity contribution in [1.82, 2.24) is 14.9 Å². The van der Waals surface area contributed by atoms with E-state index in [-0.39, 0.29) is 18.3 Å². The Kier molecular flexibility index (Phi) is 3.40. The maximum absolute atomic E-state index is 12.0. The maximum Gasteiger partial charge on any atom is 0.258 e. The van der Waals surface area contributed by atoms with Gasteiger partial charge < -0.3 is 9.32 Å². The van der Waals surface area contributed by atoms with Crippen LogP contribution < -0.4 is 0 Å². The highest BCUT2D eigenvalue weighted by atomic mass is 35.5. The van der Waals surface area contributed by atoms with Gasteiger partial charge in [0.05, 0.1) is 11.0 Å². The van der Waals surface area contributed by atoms with Crippen molar-refractivity contribution in [2.45, 2.75) is 0 Å². The molecule has 0 bridgehead atoms. The molecule has 0 saturated heterocycles. The summed E-state index contributed by atoms with van der Waals surface area (Å²) in [7, 11) is 3.38. The fourth-order valence-corrected chi connectivity index (χ4v) is 1.80. The normalized spacial score (nSPS) is 10.4. The molecule has 98 valence electrons. The third-order valence-corrected chi connectivity index (χ3v) is 2.72. The van der Waals surface area contributed by atoms with Gasteiger partial charge >= 0.3 is 0 Å². The number of fused-ring (bicyclic) bond motifs is 2. The third kappa shape index (κ3) is 2.13. The van der Waals surface area contributed by atoms with Crippen molar-refractivity contribution < 1.29 is 9.21 Å². The molecule has 1 aromatic carbocycles. The Labute approximate surface area is 115 Å². The molecule has 19 heavy (non-hydrogen) atoms. The minimum Gasteiger partial charge on any atom is -0.444 e. The number of carbonyl (C=O) groups excluding carboxylic acids is 1. The van der Waals surface area contributed by atoms with E-state index in [0.29, 0.717) is 16.8 Å². The molecule has 2 heterocycles. The lowest BCUT2D eigenvalue weighted by atomic mass is 10.2. The second-order valence-corrected chi connectivity index (χ2v) is 4.22. The summed E-state index contributed by atoms with van der Waals surface area (Å²) >= 11 is 0. The van der Waals surface area contributed by atoms with E-state index in [2.05, 4.69) is 9.97 Å². The highest BCUT2D eigenvalue weighted by molar-refractivity contribution is 6.04. The predicted octanol–water partition coefficient (Wildman–Crippen LogP) is 2.50. The van der Waals surface area contributed by atoms with E-state index < -0.39 is 0 Å². The van der Waals surface area contributed by atoms with Gasteiger partial charge in [-0.05, 0) is 12.1 Å². The fraction of sp³-hybridized carbons (Fsp3) is 0.154. The monoisotopic (exact) mass is 277 g/mol. The average molecular weight is 278 g/mol. The summed E-state index contributed by atoms with van der Waals surface area (Å²) < 4.78 is 5.31. The molecule has 0 fully saturated rings. The quantitative estimate of drug-likeness (QED) is 0.686. The van der Waals surface area contributed by atoms with E-state index in [1.54, 1.807) is 14.1 Å². The average Bonchev–Trinajstić information content (AvgIpc) is 2.77. The van der Waals surface area contributed by atoms with Gasteiger partial charge in [0.2, 0.25) is 5.71 Å². The molecular weight excluding hydrogens is 266 g/mol. The first kappa shape index (κ1) is 13.3. The van der Waals surface area contributed by atoms with Crippen molar-refractivity contribution in [2.24, 2.45) is 0 Å². The van der Waals surface area contributed by atoms with Crippen LogP contribution in [0, 0.1) is 0 Å². The highest BCUT2D eigenvalue weighted by Crippen LogP contribution is 2.21. The zero-order valence-electron chi connectivity index (χ0n) is 10.5. The van der Waals surface area contributed by atoms with E-state index in [1.165, 1.54) is 11.2 Å². The van der Waals surface area contributed by atoms with E-state index in [4.69, 9.17) is 4.42 Å². The summed E-state index contributed by atoms with van der Waals surface area (Å²) in [6.45, 7) is 0. The zero-order valence-corrected chi connectivity index (χ0v) is 11.3. The van der Waals surface area contributed by atoms with Gasteiger partial charge in [-0.3, -0.25) is 4.79 Å². The van der Waals surface area contributed by atoms with Crippen LogP contribution in [0.4, 0.5) is 0 Å². The molecule has 0 atom stereocenters. The maximum atomic E-state index is 12.0. The Morgan fingerprint density at radius 2 is 1.79 bits per heavy atom. The number of hydrogen-bond acceptors (Lipinski definition) is 4. The lowest BCUT2D eigenvalue weighted by molar-refractivity contribution is 0.0828. The van der Waals surface area contributed by atoms with Gasteiger partial charge in [0.25, 0.3) is 5.91 Å². The van der Waals surface area contributed by atoms with Crippen LogP contribution in [0.15, 0.2) is 34.9 Å². The molecule has 0 saturated carbocycles. The third-order valence-electron chi connectivity index (χ3n) is 2.72. The molecular formula is C13H12ClN3O2. The molecule has 3 rings (SSSR count). The van der Waals surface area contributed by atoms with Crippen LogP contribution in [0.2, 0.25) is 0 Å². The molecule has 5 nitrogen and oxygen atoms in total. The van der Waals surface area contributed by atoms with Crippen molar-refractivity contribution in [2.75, 3.05) is 14.1 Å². The summed E-state index contributed by atoms with van der Waals surface area (Å²) in [4.78, 5) is 22.2. The van der Waals surface area contributed by atoms with Crippen molar-refractivity contribution >= 4 is 40.6 Å². The standard InChI is InChI=1S/C13H11N3O2.ClH/c1-16(2)13(17)8-7-18-12-11(8)14-9-5-3-4-6-10(9)15-12;/h3-7H,1-2H3;1H. The van der Waals surface area contributed by atoms with Crippen LogP contribution in [0.5, 0.6) is 0 Å². The number of para-hydroxylation sites is 2. The smallest absolute Gasteiger partial charge is 0.258 e. The highest BCUT2D eigenvalue weighted by Gasteiger charge is 2.18. The molecule has 0 aliphatic rings. The van der Waals surface area contributed by atoms with Gasteiger partial charge in [-0.15, -0.1) is 12.4 Å². The van der Waals surface area contributed by atoms with Crippen LogP contribution >= 0.6 is 12.4 Å². The Morgan fingerprint density at radius 3 is 2.42 bits per heavy atom. The summed E-state index contributed by atoms with van der Waals surface area (Å²) in [5, 5.41) is 0. The number of hydrogen-bond donors (Lipinski definition) is 0. The van der Waals surface area contributed by atoms with Crippen molar-refractivity contribution in [3.8, 4) is 0 Å². The molecule has 0 N–H and O–H groups in total. The van der Waals surface area contributed by atoms with E-state index in [9.17, 15) is 4.79 Å². The molecule has 1 amide bonds. The summed E-state index contributed by atoms with van der Waals surface area (Å²) in [6, 6.07) is 7.49. The summed E-state index contributed by atoms with van der Waals surface area (Å²) in [5.41, 5.74) is 2.84. The predicted molar refractivity (Wildman–Crippen MR) is 74.6 cm³/mol. The van der Waals surface area contributed by atoms with Crippen LogP contribution in [-0.2, 0) is 0 Å². The molecule has 0 radical (unpaired) electrons. The van der Waals surface area contributed by atoms with Gasteiger partial charge in [-0.25, -0.2) is 9.97 Å². The zero-order chi connectivity index (χ0) is 12.7. The number of amides is 1. The summed E-state index contributed by atoms with van der Waals surface area (Å²) in [6.07, 6.45) is 1.41. The molecule has 0 spiro atoms. The molecule has 0 unspecified atom stereocenters. The number of nitrogens with zero attached hydrogens (tertiary/aromatic N) is 3. The first-order valence-corrected chi connectivity index (χ1v) is 5.52. The van der Waals surface area contributed by atoms with Crippen molar-refractivity contribution in [1.29, 1.82) is 0 Å². The Hall–Kier alpha value is -2.14. The molecule has 3 aromatic rings. The van der Waals surface area contributed by atoms with E-state index in [1.807, 2.05) is 24.3 Å². The second kappa shape index (κ2) is 4.85. The van der Waals surface area contributed by atoms with Gasteiger partial charge in [-0.1, -0.05) is 12.1 Å². The Balaban J connectivity index is 0.00000133. The van der Waals surface area contributed by atoms with Crippen LogP contribution in [0.25, 0.3) is 22.3 Å². The van der Waals surface area contributed by atoms with Gasteiger partial charge in [0.15, 0.2) is 0 Å². The van der Waals surface area contributed by atoms with Crippen molar-refractivity contribution in [3.63, 3.8) is 0 Å². The van der Waals surface area contributed by atoms with Gasteiger partial charge in [0.1, 0.15) is 17.3 Å². The van der Waals surface area contributed by atoms with Crippen LogP contribution in [-0.4, -0.2) is 34.9 Å². The first-order chi connectivity index (χ1) is 8.66. The van der Waals surface area contributed by atoms with Crippen molar-refractivity contribution in [3.05, 3.63) is 36.1 Å². The SMILES string of the molecule is CN(C)C(=O)c1coc2nc3ccccc3nc12.Cl. The number of aromatic nitrogens is 2. The Bertz CT molecular complexity index is 752. The van der Waals surface area contributed by atoms with E-state index in [0.717, 1.165) is 11.0 Å². The molecule has 0 aliphatic carbocycles.